The number of amides is 2. The molecule has 2 amide bonds. The van der Waals surface area contributed by atoms with Crippen molar-refractivity contribution in [3.8, 4) is 11.3 Å². The predicted octanol–water partition coefficient (Wildman–Crippen LogP) is 3.76. The summed E-state index contributed by atoms with van der Waals surface area (Å²) in [6, 6.07) is 8.02. The van der Waals surface area contributed by atoms with Crippen molar-refractivity contribution >= 4 is 23.4 Å². The van der Waals surface area contributed by atoms with Crippen molar-refractivity contribution in [1.82, 2.24) is 24.4 Å². The van der Waals surface area contributed by atoms with E-state index in [-0.39, 0.29) is 41.6 Å². The van der Waals surface area contributed by atoms with E-state index < -0.39 is 11.5 Å². The number of carbonyl (C=O) groups excluding carboxylic acids is 2. The van der Waals surface area contributed by atoms with Crippen LogP contribution in [0.2, 0.25) is 0 Å². The second-order valence-electron chi connectivity index (χ2n) is 11.1. The van der Waals surface area contributed by atoms with E-state index in [9.17, 15) is 18.8 Å². The first-order valence-corrected chi connectivity index (χ1v) is 12.2. The van der Waals surface area contributed by atoms with E-state index in [1.165, 1.54) is 12.1 Å². The second-order valence-corrected chi connectivity index (χ2v) is 11.1. The third-order valence-electron chi connectivity index (χ3n) is 6.65. The Labute approximate surface area is 214 Å². The minimum atomic E-state index is -1.01. The van der Waals surface area contributed by atoms with Gasteiger partial charge in [-0.3, -0.25) is 14.4 Å². The summed E-state index contributed by atoms with van der Waals surface area (Å²) >= 11 is 0. The summed E-state index contributed by atoms with van der Waals surface area (Å²) in [5, 5.41) is 13.5. The topological polar surface area (TPSA) is 108 Å². The van der Waals surface area contributed by atoms with E-state index in [0.29, 0.717) is 31.0 Å². The van der Waals surface area contributed by atoms with Gasteiger partial charge < -0.3 is 14.9 Å². The maximum absolute atomic E-state index is 13.6. The molecule has 3 aromatic rings. The number of carbonyl (C=O) groups is 3. The molecule has 37 heavy (non-hydrogen) atoms. The molecule has 1 N–H and O–H groups in total. The molecule has 1 fully saturated rings. The van der Waals surface area contributed by atoms with Gasteiger partial charge in [0.2, 0.25) is 5.91 Å². The predicted molar refractivity (Wildman–Crippen MR) is 136 cm³/mol. The molecule has 196 valence electrons. The Morgan fingerprint density at radius 2 is 1.76 bits per heavy atom. The van der Waals surface area contributed by atoms with Crippen LogP contribution in [-0.2, 0) is 15.0 Å². The van der Waals surface area contributed by atoms with Crippen LogP contribution in [0.4, 0.5) is 4.39 Å². The van der Waals surface area contributed by atoms with E-state index in [2.05, 4.69) is 30.9 Å². The Morgan fingerprint density at radius 1 is 1.08 bits per heavy atom. The van der Waals surface area contributed by atoms with Crippen LogP contribution in [-0.4, -0.2) is 72.5 Å². The zero-order valence-electron chi connectivity index (χ0n) is 21.8. The van der Waals surface area contributed by atoms with Crippen LogP contribution < -0.4 is 0 Å². The highest BCUT2D eigenvalue weighted by Crippen LogP contribution is 2.31. The largest absolute Gasteiger partial charge is 0.481 e. The summed E-state index contributed by atoms with van der Waals surface area (Å²) in [5.41, 5.74) is 2.13. The van der Waals surface area contributed by atoms with Crippen molar-refractivity contribution in [2.75, 3.05) is 19.6 Å². The Balaban J connectivity index is 1.64. The number of aromatic nitrogens is 3. The molecule has 1 aliphatic heterocycles. The number of imidazole rings is 1. The fraction of sp³-hybridized carbons (Fsp3) is 0.444. The number of nitrogens with zero attached hydrogens (tertiary/aromatic N) is 5. The number of hydrogen-bond acceptors (Lipinski definition) is 5. The van der Waals surface area contributed by atoms with Crippen molar-refractivity contribution in [2.24, 2.45) is 0 Å². The molecule has 10 heteroatoms. The Morgan fingerprint density at radius 3 is 2.35 bits per heavy atom. The van der Waals surface area contributed by atoms with Gasteiger partial charge in [-0.15, -0.1) is 0 Å². The van der Waals surface area contributed by atoms with Gasteiger partial charge in [0.15, 0.2) is 5.65 Å². The van der Waals surface area contributed by atoms with E-state index in [0.717, 1.165) is 11.1 Å². The molecule has 3 heterocycles. The summed E-state index contributed by atoms with van der Waals surface area (Å²) in [6.45, 7) is 10.8. The van der Waals surface area contributed by atoms with Crippen LogP contribution in [0.3, 0.4) is 0 Å². The zero-order chi connectivity index (χ0) is 27.1. The first-order chi connectivity index (χ1) is 17.3. The minimum Gasteiger partial charge on any atom is -0.481 e. The lowest BCUT2D eigenvalue weighted by Crippen LogP contribution is -2.62. The Hall–Kier alpha value is -3.82. The van der Waals surface area contributed by atoms with Gasteiger partial charge in [-0.1, -0.05) is 20.8 Å². The van der Waals surface area contributed by atoms with Crippen LogP contribution in [0.15, 0.2) is 36.5 Å². The maximum atomic E-state index is 13.6. The molecule has 0 bridgehead atoms. The number of piperazine rings is 1. The third-order valence-corrected chi connectivity index (χ3v) is 6.65. The van der Waals surface area contributed by atoms with Gasteiger partial charge in [-0.2, -0.15) is 5.10 Å². The number of rotatable bonds is 5. The molecule has 1 saturated heterocycles. The summed E-state index contributed by atoms with van der Waals surface area (Å²) in [5.74, 6) is -1.85. The Kier molecular flexibility index (Phi) is 6.79. The molecular weight excluding hydrogens is 477 g/mol. The number of carboxylic acid groups (broad SMARTS) is 1. The molecule has 0 atom stereocenters. The third kappa shape index (κ3) is 5.47. The van der Waals surface area contributed by atoms with E-state index in [1.54, 1.807) is 32.6 Å². The van der Waals surface area contributed by atoms with Crippen molar-refractivity contribution in [3.63, 3.8) is 0 Å². The molecule has 0 spiro atoms. The van der Waals surface area contributed by atoms with Gasteiger partial charge in [-0.05, 0) is 49.6 Å². The molecule has 0 saturated carbocycles. The first-order valence-electron chi connectivity index (χ1n) is 12.2. The quantitative estimate of drug-likeness (QED) is 0.561. The highest BCUT2D eigenvalue weighted by molar-refractivity contribution is 5.94. The average molecular weight is 510 g/mol. The summed E-state index contributed by atoms with van der Waals surface area (Å²) < 4.78 is 15.1. The molecule has 1 aliphatic rings. The van der Waals surface area contributed by atoms with Crippen LogP contribution in [0, 0.1) is 5.82 Å². The molecule has 0 radical (unpaired) electrons. The van der Waals surface area contributed by atoms with Crippen LogP contribution >= 0.6 is 0 Å². The zero-order valence-corrected chi connectivity index (χ0v) is 21.8. The van der Waals surface area contributed by atoms with E-state index in [1.807, 2.05) is 19.9 Å². The van der Waals surface area contributed by atoms with Crippen LogP contribution in [0.25, 0.3) is 16.9 Å². The van der Waals surface area contributed by atoms with Crippen LogP contribution in [0.1, 0.15) is 63.5 Å². The monoisotopic (exact) mass is 509 g/mol. The molecular formula is C27H32FN5O4. The van der Waals surface area contributed by atoms with Crippen LogP contribution in [0.5, 0.6) is 0 Å². The number of hydrogen-bond donors (Lipinski definition) is 1. The van der Waals surface area contributed by atoms with Crippen molar-refractivity contribution in [2.45, 2.75) is 58.4 Å². The highest BCUT2D eigenvalue weighted by atomic mass is 19.1. The molecule has 9 nitrogen and oxygen atoms in total. The summed E-state index contributed by atoms with van der Waals surface area (Å²) in [7, 11) is 0. The molecule has 1 aromatic carbocycles. The van der Waals surface area contributed by atoms with Crippen molar-refractivity contribution in [3.05, 3.63) is 53.6 Å². The number of aliphatic carboxylic acids is 1. The summed E-state index contributed by atoms with van der Waals surface area (Å²) in [6.07, 6.45) is 1.33. The lowest BCUT2D eigenvalue weighted by atomic mass is 9.87. The maximum Gasteiger partial charge on any atom is 0.303 e. The molecule has 2 aromatic heterocycles. The molecule has 4 rings (SSSR count). The second kappa shape index (κ2) is 9.57. The Bertz CT molecular complexity index is 1360. The fourth-order valence-corrected chi connectivity index (χ4v) is 4.65. The normalized spacial score (nSPS) is 15.7. The number of fused-ring (bicyclic) bond motifs is 1. The first kappa shape index (κ1) is 26.2. The van der Waals surface area contributed by atoms with Gasteiger partial charge in [-0.25, -0.2) is 13.9 Å². The lowest BCUT2D eigenvalue weighted by Gasteiger charge is -2.46. The van der Waals surface area contributed by atoms with Gasteiger partial charge >= 0.3 is 5.97 Å². The summed E-state index contributed by atoms with van der Waals surface area (Å²) in [4.78, 5) is 44.9. The minimum absolute atomic E-state index is 0.0660. The van der Waals surface area contributed by atoms with Gasteiger partial charge in [0.05, 0.1) is 23.9 Å². The highest BCUT2D eigenvalue weighted by Gasteiger charge is 2.39. The molecule has 0 aliphatic carbocycles. The standard InChI is InChI=1S/C27H32FN5O4/c1-26(2,3)19-14-20(17-6-8-18(28)9-7-17)30-33-15-21(29-24(19)33)25(37)32-13-12-31(16-27(32,4)5)22(34)10-11-23(35)36/h6-9,14-15H,10-13,16H2,1-5H3,(H,35,36). The lowest BCUT2D eigenvalue weighted by molar-refractivity contribution is -0.142. The smallest absolute Gasteiger partial charge is 0.303 e. The fourth-order valence-electron chi connectivity index (χ4n) is 4.65. The SMILES string of the molecule is CC(C)(C)c1cc(-c2ccc(F)cc2)nn2cc(C(=O)N3CCN(C(=O)CCC(=O)O)CC3(C)C)nc12. The van der Waals surface area contributed by atoms with E-state index in [4.69, 9.17) is 5.11 Å². The van der Waals surface area contributed by atoms with Gasteiger partial charge in [0.25, 0.3) is 5.91 Å². The van der Waals surface area contributed by atoms with Gasteiger partial charge in [0, 0.05) is 37.2 Å². The van der Waals surface area contributed by atoms with Crippen molar-refractivity contribution in [1.29, 1.82) is 0 Å². The molecule has 0 unspecified atom stereocenters. The number of halogens is 1. The van der Waals surface area contributed by atoms with Gasteiger partial charge in [0.1, 0.15) is 11.5 Å². The van der Waals surface area contributed by atoms with Crippen molar-refractivity contribution < 1.29 is 23.9 Å². The van der Waals surface area contributed by atoms with E-state index >= 15 is 0 Å². The number of carboxylic acids is 1. The average Bonchev–Trinajstić information content (AvgIpc) is 3.25. The number of benzene rings is 1.